The van der Waals surface area contributed by atoms with Crippen molar-refractivity contribution in [2.24, 2.45) is 16.2 Å². The summed E-state index contributed by atoms with van der Waals surface area (Å²) in [6.07, 6.45) is -1.91. The molecule has 1 amide bonds. The minimum Gasteiger partial charge on any atom is -0.464 e. The quantitative estimate of drug-likeness (QED) is 0.185. The Morgan fingerprint density at radius 1 is 0.816 bits per heavy atom. The van der Waals surface area contributed by atoms with Gasteiger partial charge in [0.1, 0.15) is 6.04 Å². The predicted octanol–water partition coefficient (Wildman–Crippen LogP) is 9.16. The Bertz CT molecular complexity index is 1730. The SMILES string of the molecule is CC(C)(C)COC(=O)C1(C(=O)OCC(C)(C)C)C[C@H](c2ccc(Br)cc2)N(C(=O)c2ccccc2C(F)(F)F)N2C=Cc3ccccc3[C@@H]21. The van der Waals surface area contributed by atoms with E-state index >= 15 is 0 Å². The summed E-state index contributed by atoms with van der Waals surface area (Å²) in [6, 6.07) is 16.3. The highest BCUT2D eigenvalue weighted by molar-refractivity contribution is 9.10. The Hall–Kier alpha value is -4.12. The lowest BCUT2D eigenvalue weighted by molar-refractivity contribution is -0.201. The maximum atomic E-state index is 14.7. The molecule has 2 atom stereocenters. The zero-order valence-corrected chi connectivity index (χ0v) is 29.9. The third-order valence-electron chi connectivity index (χ3n) is 8.41. The number of nitrogens with zero attached hydrogens (tertiary/aromatic N) is 2. The third kappa shape index (κ3) is 7.41. The molecule has 0 N–H and O–H groups in total. The molecule has 2 heterocycles. The van der Waals surface area contributed by atoms with Crippen molar-refractivity contribution in [3.63, 3.8) is 0 Å². The highest BCUT2D eigenvalue weighted by atomic mass is 79.9. The Morgan fingerprint density at radius 2 is 1.37 bits per heavy atom. The van der Waals surface area contributed by atoms with Gasteiger partial charge in [-0.2, -0.15) is 13.2 Å². The number of halogens is 4. The zero-order valence-electron chi connectivity index (χ0n) is 28.3. The monoisotopic (exact) mass is 740 g/mol. The smallest absolute Gasteiger partial charge is 0.417 e. The number of hydrogen-bond donors (Lipinski definition) is 0. The molecular weight excluding hydrogens is 701 g/mol. The molecule has 2 aliphatic heterocycles. The van der Waals surface area contributed by atoms with Crippen LogP contribution in [0.15, 0.2) is 83.5 Å². The molecule has 0 saturated carbocycles. The van der Waals surface area contributed by atoms with Crippen molar-refractivity contribution in [3.8, 4) is 0 Å². The van der Waals surface area contributed by atoms with Crippen LogP contribution in [0.25, 0.3) is 6.08 Å². The van der Waals surface area contributed by atoms with Gasteiger partial charge in [-0.15, -0.1) is 0 Å². The summed E-state index contributed by atoms with van der Waals surface area (Å²) in [7, 11) is 0. The molecule has 3 aromatic carbocycles. The first-order valence-electron chi connectivity index (χ1n) is 16.0. The molecule has 7 nitrogen and oxygen atoms in total. The number of carbonyl (C=O) groups is 3. The van der Waals surface area contributed by atoms with E-state index in [0.717, 1.165) is 16.6 Å². The van der Waals surface area contributed by atoms with E-state index in [-0.39, 0.29) is 19.6 Å². The largest absolute Gasteiger partial charge is 0.464 e. The van der Waals surface area contributed by atoms with Gasteiger partial charge in [-0.25, -0.2) is 5.01 Å². The number of fused-ring (bicyclic) bond motifs is 3. The molecule has 5 rings (SSSR count). The summed E-state index contributed by atoms with van der Waals surface area (Å²) < 4.78 is 55.7. The molecule has 1 fully saturated rings. The minimum atomic E-state index is -4.82. The lowest BCUT2D eigenvalue weighted by Crippen LogP contribution is -2.63. The molecule has 3 aromatic rings. The number of hydrazine groups is 1. The number of rotatable bonds is 6. The topological polar surface area (TPSA) is 76.2 Å². The van der Waals surface area contributed by atoms with Crippen LogP contribution in [0, 0.1) is 16.2 Å². The van der Waals surface area contributed by atoms with Crippen LogP contribution in [0.4, 0.5) is 13.2 Å². The second-order valence-electron chi connectivity index (χ2n) is 14.9. The maximum Gasteiger partial charge on any atom is 0.417 e. The fourth-order valence-corrected chi connectivity index (χ4v) is 6.44. The van der Waals surface area contributed by atoms with Crippen LogP contribution in [0.3, 0.4) is 0 Å². The molecule has 2 aliphatic rings. The number of ether oxygens (including phenoxy) is 2. The van der Waals surface area contributed by atoms with Gasteiger partial charge in [-0.3, -0.25) is 19.4 Å². The molecular formula is C38H40BrF3N2O5. The number of alkyl halides is 3. The van der Waals surface area contributed by atoms with Crippen molar-refractivity contribution >= 4 is 39.9 Å². The fraction of sp³-hybridized carbons (Fsp3) is 0.395. The lowest BCUT2D eigenvalue weighted by atomic mass is 9.67. The van der Waals surface area contributed by atoms with Crippen molar-refractivity contribution in [3.05, 3.63) is 111 Å². The van der Waals surface area contributed by atoms with Gasteiger partial charge in [-0.1, -0.05) is 106 Å². The molecule has 0 unspecified atom stereocenters. The van der Waals surface area contributed by atoms with Crippen LogP contribution in [0.5, 0.6) is 0 Å². The Morgan fingerprint density at radius 3 is 1.94 bits per heavy atom. The second-order valence-corrected chi connectivity index (χ2v) is 15.9. The fourth-order valence-electron chi connectivity index (χ4n) is 6.17. The van der Waals surface area contributed by atoms with E-state index in [1.165, 1.54) is 28.4 Å². The average Bonchev–Trinajstić information content (AvgIpc) is 3.04. The molecule has 11 heteroatoms. The second kappa shape index (κ2) is 13.3. The number of benzene rings is 3. The van der Waals surface area contributed by atoms with E-state index in [9.17, 15) is 27.6 Å². The van der Waals surface area contributed by atoms with E-state index in [4.69, 9.17) is 9.47 Å². The molecule has 0 bridgehead atoms. The van der Waals surface area contributed by atoms with Gasteiger partial charge in [-0.05, 0) is 57.9 Å². The zero-order chi connectivity index (χ0) is 35.9. The Balaban J connectivity index is 1.80. The molecule has 0 aliphatic carbocycles. The minimum absolute atomic E-state index is 0.0190. The van der Waals surface area contributed by atoms with Crippen LogP contribution in [-0.2, 0) is 25.2 Å². The van der Waals surface area contributed by atoms with E-state index in [0.29, 0.717) is 16.7 Å². The van der Waals surface area contributed by atoms with E-state index in [1.807, 2.05) is 41.5 Å². The number of carbonyl (C=O) groups excluding carboxylic acids is 3. The molecule has 0 aromatic heterocycles. The first-order valence-corrected chi connectivity index (χ1v) is 16.8. The first-order chi connectivity index (χ1) is 22.8. The number of esters is 2. The number of hydrogen-bond acceptors (Lipinski definition) is 6. The Kier molecular flexibility index (Phi) is 9.82. The van der Waals surface area contributed by atoms with Crippen molar-refractivity contribution in [2.75, 3.05) is 13.2 Å². The van der Waals surface area contributed by atoms with Crippen LogP contribution in [0.1, 0.15) is 92.7 Å². The average molecular weight is 742 g/mol. The normalized spacial score (nSPS) is 18.7. The number of amides is 1. The highest BCUT2D eigenvalue weighted by Gasteiger charge is 2.65. The van der Waals surface area contributed by atoms with Gasteiger partial charge in [0.2, 0.25) is 0 Å². The molecule has 0 spiro atoms. The van der Waals surface area contributed by atoms with Crippen molar-refractivity contribution in [1.29, 1.82) is 0 Å². The Labute approximate surface area is 293 Å². The predicted molar refractivity (Wildman–Crippen MR) is 182 cm³/mol. The molecule has 1 saturated heterocycles. The van der Waals surface area contributed by atoms with E-state index in [2.05, 4.69) is 15.9 Å². The van der Waals surface area contributed by atoms with Gasteiger partial charge < -0.3 is 9.47 Å². The molecule has 0 radical (unpaired) electrons. The maximum absolute atomic E-state index is 14.7. The summed E-state index contributed by atoms with van der Waals surface area (Å²) in [5, 5.41) is 2.65. The van der Waals surface area contributed by atoms with Crippen LogP contribution < -0.4 is 0 Å². The highest BCUT2D eigenvalue weighted by Crippen LogP contribution is 2.56. The summed E-state index contributed by atoms with van der Waals surface area (Å²) in [6.45, 7) is 11.3. The van der Waals surface area contributed by atoms with Crippen LogP contribution >= 0.6 is 15.9 Å². The lowest BCUT2D eigenvalue weighted by Gasteiger charge is -2.56. The first kappa shape index (κ1) is 36.2. The van der Waals surface area contributed by atoms with Crippen LogP contribution in [-0.4, -0.2) is 41.1 Å². The van der Waals surface area contributed by atoms with Crippen molar-refractivity contribution in [1.82, 2.24) is 10.0 Å². The van der Waals surface area contributed by atoms with Crippen LogP contribution in [0.2, 0.25) is 0 Å². The van der Waals surface area contributed by atoms with Crippen molar-refractivity contribution < 1.29 is 37.0 Å². The third-order valence-corrected chi connectivity index (χ3v) is 8.94. The van der Waals surface area contributed by atoms with Gasteiger partial charge in [0.25, 0.3) is 5.91 Å². The summed E-state index contributed by atoms with van der Waals surface area (Å²) in [5.74, 6) is -2.63. The van der Waals surface area contributed by atoms with Gasteiger partial charge >= 0.3 is 18.1 Å². The van der Waals surface area contributed by atoms with E-state index in [1.54, 1.807) is 54.6 Å². The van der Waals surface area contributed by atoms with Crippen molar-refractivity contribution in [2.45, 2.75) is 66.2 Å². The van der Waals surface area contributed by atoms with Gasteiger partial charge in [0.15, 0.2) is 5.41 Å². The summed E-state index contributed by atoms with van der Waals surface area (Å²) >= 11 is 3.43. The van der Waals surface area contributed by atoms with Gasteiger partial charge in [0, 0.05) is 17.1 Å². The van der Waals surface area contributed by atoms with Gasteiger partial charge in [0.05, 0.1) is 30.4 Å². The summed E-state index contributed by atoms with van der Waals surface area (Å²) in [5.41, 5.74) is -2.95. The summed E-state index contributed by atoms with van der Waals surface area (Å²) in [4.78, 5) is 44.1. The molecule has 49 heavy (non-hydrogen) atoms. The van der Waals surface area contributed by atoms with E-state index < -0.39 is 63.5 Å². The standard InChI is InChI=1S/C38H40BrF3N2O5/c1-35(2,3)22-48-33(46)37(34(47)49-23-36(4,5)6)21-30(25-15-17-26(39)18-16-25)44(32(45)28-13-9-10-14-29(28)38(40,41)42)43-20-19-24-11-7-8-12-27(24)31(37)43/h7-20,30-31H,21-23H2,1-6H3/t30-,31-/m1/s1. The molecule has 260 valence electrons.